The van der Waals surface area contributed by atoms with Gasteiger partial charge in [-0.25, -0.2) is 0 Å². The summed E-state index contributed by atoms with van der Waals surface area (Å²) in [6.45, 7) is 2.19. The SMILES string of the molecule is Cc1cc(-c2ccc(Cl)cc2)[n+](C)c2ccc3ccccc3c12. The summed E-state index contributed by atoms with van der Waals surface area (Å²) >= 11 is 6.02. The zero-order chi connectivity index (χ0) is 16.0. The van der Waals surface area contributed by atoms with Gasteiger partial charge in [-0.1, -0.05) is 35.9 Å². The molecule has 0 saturated heterocycles. The van der Waals surface area contributed by atoms with Crippen molar-refractivity contribution in [2.75, 3.05) is 0 Å². The average molecular weight is 319 g/mol. The van der Waals surface area contributed by atoms with Gasteiger partial charge in [-0.15, -0.1) is 0 Å². The van der Waals surface area contributed by atoms with Gasteiger partial charge in [0.05, 0.1) is 5.39 Å². The highest BCUT2D eigenvalue weighted by Gasteiger charge is 2.17. The Bertz CT molecular complexity index is 1030. The van der Waals surface area contributed by atoms with Gasteiger partial charge in [-0.2, -0.15) is 4.57 Å². The second-order valence-electron chi connectivity index (χ2n) is 5.96. The molecular weight excluding hydrogens is 302 g/mol. The number of benzene rings is 3. The number of nitrogens with zero attached hydrogens (tertiary/aromatic N) is 1. The molecule has 0 N–H and O–H groups in total. The summed E-state index contributed by atoms with van der Waals surface area (Å²) in [6.07, 6.45) is 0. The molecule has 112 valence electrons. The molecule has 1 heterocycles. The largest absolute Gasteiger partial charge is 0.213 e. The molecule has 0 amide bonds. The van der Waals surface area contributed by atoms with Gasteiger partial charge in [0.1, 0.15) is 7.05 Å². The summed E-state index contributed by atoms with van der Waals surface area (Å²) in [5.41, 5.74) is 4.91. The average Bonchev–Trinajstić information content (AvgIpc) is 2.58. The van der Waals surface area contributed by atoms with E-state index >= 15 is 0 Å². The van der Waals surface area contributed by atoms with E-state index in [0.717, 1.165) is 5.02 Å². The van der Waals surface area contributed by atoms with Crippen LogP contribution in [0, 0.1) is 6.92 Å². The van der Waals surface area contributed by atoms with Crippen molar-refractivity contribution in [3.63, 3.8) is 0 Å². The van der Waals surface area contributed by atoms with Crippen LogP contribution in [-0.2, 0) is 7.05 Å². The molecule has 1 nitrogen and oxygen atoms in total. The number of hydrogen-bond donors (Lipinski definition) is 0. The van der Waals surface area contributed by atoms with E-state index in [-0.39, 0.29) is 0 Å². The van der Waals surface area contributed by atoms with E-state index in [1.54, 1.807) is 0 Å². The molecule has 0 fully saturated rings. The highest BCUT2D eigenvalue weighted by Crippen LogP contribution is 2.29. The van der Waals surface area contributed by atoms with Gasteiger partial charge in [0, 0.05) is 22.7 Å². The first-order valence-corrected chi connectivity index (χ1v) is 8.10. The minimum Gasteiger partial charge on any atom is -0.194 e. The van der Waals surface area contributed by atoms with Gasteiger partial charge in [0.15, 0.2) is 0 Å². The number of aryl methyl sites for hydroxylation is 2. The third-order valence-corrected chi connectivity index (χ3v) is 4.77. The molecule has 3 aromatic carbocycles. The summed E-state index contributed by atoms with van der Waals surface area (Å²) in [6, 6.07) is 23.3. The van der Waals surface area contributed by atoms with E-state index in [1.165, 1.54) is 38.5 Å². The standard InChI is InChI=1S/C21H17ClN/c1-14-13-20(16-7-10-17(22)11-8-16)23(2)19-12-9-15-5-3-4-6-18(15)21(14)19/h3-13H,1-2H3/q+1. The highest BCUT2D eigenvalue weighted by atomic mass is 35.5. The van der Waals surface area contributed by atoms with Crippen molar-refractivity contribution in [3.8, 4) is 11.3 Å². The van der Waals surface area contributed by atoms with Crippen molar-refractivity contribution in [2.45, 2.75) is 6.92 Å². The quantitative estimate of drug-likeness (QED) is 0.325. The lowest BCUT2D eigenvalue weighted by Gasteiger charge is -2.09. The van der Waals surface area contributed by atoms with Crippen LogP contribution in [-0.4, -0.2) is 0 Å². The molecule has 4 aromatic rings. The number of aromatic nitrogens is 1. The van der Waals surface area contributed by atoms with Crippen LogP contribution in [0.3, 0.4) is 0 Å². The van der Waals surface area contributed by atoms with Crippen molar-refractivity contribution in [1.29, 1.82) is 0 Å². The van der Waals surface area contributed by atoms with Gasteiger partial charge < -0.3 is 0 Å². The number of hydrogen-bond acceptors (Lipinski definition) is 0. The molecule has 0 unspecified atom stereocenters. The maximum Gasteiger partial charge on any atom is 0.213 e. The van der Waals surface area contributed by atoms with Crippen LogP contribution < -0.4 is 4.57 Å². The van der Waals surface area contributed by atoms with Crippen LogP contribution in [0.4, 0.5) is 0 Å². The molecule has 0 spiro atoms. The maximum atomic E-state index is 6.02. The van der Waals surface area contributed by atoms with Crippen LogP contribution >= 0.6 is 11.6 Å². The van der Waals surface area contributed by atoms with E-state index in [1.807, 2.05) is 12.1 Å². The Kier molecular flexibility index (Phi) is 3.32. The number of pyridine rings is 1. The molecule has 0 saturated carbocycles. The van der Waals surface area contributed by atoms with Gasteiger partial charge >= 0.3 is 0 Å². The molecule has 2 heteroatoms. The van der Waals surface area contributed by atoms with Crippen LogP contribution in [0.15, 0.2) is 66.7 Å². The van der Waals surface area contributed by atoms with Crippen LogP contribution in [0.2, 0.25) is 5.02 Å². The summed E-state index contributed by atoms with van der Waals surface area (Å²) in [5.74, 6) is 0. The summed E-state index contributed by atoms with van der Waals surface area (Å²) < 4.78 is 2.26. The lowest BCUT2D eigenvalue weighted by atomic mass is 9.99. The van der Waals surface area contributed by atoms with Crippen molar-refractivity contribution in [2.24, 2.45) is 7.05 Å². The highest BCUT2D eigenvalue weighted by molar-refractivity contribution is 6.30. The minimum absolute atomic E-state index is 0.764. The Labute approximate surface area is 140 Å². The zero-order valence-corrected chi connectivity index (χ0v) is 13.9. The monoisotopic (exact) mass is 318 g/mol. The molecule has 0 aliphatic heterocycles. The van der Waals surface area contributed by atoms with Crippen molar-refractivity contribution in [3.05, 3.63) is 77.3 Å². The Balaban J connectivity index is 2.08. The molecule has 0 aliphatic carbocycles. The van der Waals surface area contributed by atoms with Crippen molar-refractivity contribution < 1.29 is 4.57 Å². The Morgan fingerprint density at radius 3 is 2.39 bits per heavy atom. The topological polar surface area (TPSA) is 3.88 Å². The molecule has 1 aromatic heterocycles. The Morgan fingerprint density at radius 2 is 1.61 bits per heavy atom. The molecule has 0 aliphatic rings. The van der Waals surface area contributed by atoms with E-state index in [2.05, 4.69) is 73.1 Å². The predicted octanol–water partition coefficient (Wildman–Crippen LogP) is 5.45. The van der Waals surface area contributed by atoms with E-state index in [0.29, 0.717) is 0 Å². The molecule has 0 radical (unpaired) electrons. The third kappa shape index (κ3) is 2.29. The molecule has 23 heavy (non-hydrogen) atoms. The maximum absolute atomic E-state index is 6.02. The van der Waals surface area contributed by atoms with Gasteiger partial charge in [-0.3, -0.25) is 0 Å². The Hall–Kier alpha value is -2.38. The third-order valence-electron chi connectivity index (χ3n) is 4.52. The van der Waals surface area contributed by atoms with E-state index in [4.69, 9.17) is 11.6 Å². The molecule has 0 bridgehead atoms. The molecule has 0 atom stereocenters. The van der Waals surface area contributed by atoms with Crippen LogP contribution in [0.25, 0.3) is 32.9 Å². The Morgan fingerprint density at radius 1 is 0.870 bits per heavy atom. The fourth-order valence-electron chi connectivity index (χ4n) is 3.36. The summed E-state index contributed by atoms with van der Waals surface area (Å²) in [4.78, 5) is 0. The number of rotatable bonds is 1. The summed E-state index contributed by atoms with van der Waals surface area (Å²) in [7, 11) is 2.13. The van der Waals surface area contributed by atoms with E-state index < -0.39 is 0 Å². The fraction of sp³-hybridized carbons (Fsp3) is 0.0952. The number of halogens is 1. The van der Waals surface area contributed by atoms with Gasteiger partial charge in [0.25, 0.3) is 0 Å². The van der Waals surface area contributed by atoms with E-state index in [9.17, 15) is 0 Å². The van der Waals surface area contributed by atoms with Crippen LogP contribution in [0.1, 0.15) is 5.56 Å². The van der Waals surface area contributed by atoms with Crippen molar-refractivity contribution in [1.82, 2.24) is 0 Å². The minimum atomic E-state index is 0.764. The molecular formula is C21H17ClN+. The lowest BCUT2D eigenvalue weighted by molar-refractivity contribution is -0.633. The predicted molar refractivity (Wildman–Crippen MR) is 97.8 cm³/mol. The van der Waals surface area contributed by atoms with Gasteiger partial charge in [0.2, 0.25) is 11.2 Å². The second kappa shape index (κ2) is 5.36. The normalized spacial score (nSPS) is 11.3. The first-order valence-electron chi connectivity index (χ1n) is 7.72. The van der Waals surface area contributed by atoms with Crippen LogP contribution in [0.5, 0.6) is 0 Å². The first kappa shape index (κ1) is 14.2. The van der Waals surface area contributed by atoms with Crippen molar-refractivity contribution >= 4 is 33.3 Å². The van der Waals surface area contributed by atoms with Gasteiger partial charge in [-0.05, 0) is 53.6 Å². The lowest BCUT2D eigenvalue weighted by Crippen LogP contribution is -2.32. The second-order valence-corrected chi connectivity index (χ2v) is 6.40. The number of fused-ring (bicyclic) bond motifs is 3. The zero-order valence-electron chi connectivity index (χ0n) is 13.2. The summed E-state index contributed by atoms with van der Waals surface area (Å²) in [5, 5.41) is 4.67. The molecule has 4 rings (SSSR count). The smallest absolute Gasteiger partial charge is 0.194 e. The first-order chi connectivity index (χ1) is 11.1. The fourth-order valence-corrected chi connectivity index (χ4v) is 3.48.